The first-order valence-electron chi connectivity index (χ1n) is 5.92. The molecule has 3 nitrogen and oxygen atoms in total. The molecule has 0 unspecified atom stereocenters. The molecular formula is C15H17NO2. The van der Waals surface area contributed by atoms with Gasteiger partial charge in [0.05, 0.1) is 5.69 Å². The van der Waals surface area contributed by atoms with Gasteiger partial charge in [0.25, 0.3) is 0 Å². The average Bonchev–Trinajstić information content (AvgIpc) is 2.39. The molecule has 94 valence electrons. The predicted octanol–water partition coefficient (Wildman–Crippen LogP) is 3.04. The molecule has 0 saturated carbocycles. The van der Waals surface area contributed by atoms with E-state index in [0.29, 0.717) is 24.7 Å². The van der Waals surface area contributed by atoms with E-state index in [1.54, 1.807) is 0 Å². The molecule has 2 rings (SSSR count). The van der Waals surface area contributed by atoms with Crippen LogP contribution in [0.25, 0.3) is 0 Å². The molecule has 0 aliphatic rings. The molecule has 0 radical (unpaired) electrons. The standard InChI is InChI=1S/C15H17NO2/c1-12-6-8-13(9-7-12)17-10-11-18-15-5-3-2-4-14(15)16/h2-9H,10-11,16H2,1H3. The van der Waals surface area contributed by atoms with Crippen molar-refractivity contribution in [3.05, 3.63) is 54.1 Å². The number of anilines is 1. The van der Waals surface area contributed by atoms with E-state index in [1.165, 1.54) is 5.56 Å². The molecule has 0 aliphatic carbocycles. The summed E-state index contributed by atoms with van der Waals surface area (Å²) in [7, 11) is 0. The van der Waals surface area contributed by atoms with Crippen molar-refractivity contribution in [1.82, 2.24) is 0 Å². The third kappa shape index (κ3) is 3.42. The van der Waals surface area contributed by atoms with Crippen LogP contribution in [0.5, 0.6) is 11.5 Å². The van der Waals surface area contributed by atoms with Gasteiger partial charge in [-0.2, -0.15) is 0 Å². The van der Waals surface area contributed by atoms with Crippen molar-refractivity contribution in [1.29, 1.82) is 0 Å². The second kappa shape index (κ2) is 5.96. The van der Waals surface area contributed by atoms with Crippen LogP contribution in [0.1, 0.15) is 5.56 Å². The summed E-state index contributed by atoms with van der Waals surface area (Å²) in [5, 5.41) is 0. The molecular weight excluding hydrogens is 226 g/mol. The van der Waals surface area contributed by atoms with Crippen LogP contribution in [0.15, 0.2) is 48.5 Å². The Morgan fingerprint density at radius 1 is 0.889 bits per heavy atom. The minimum absolute atomic E-state index is 0.474. The Balaban J connectivity index is 1.76. The molecule has 3 heteroatoms. The van der Waals surface area contributed by atoms with Crippen molar-refractivity contribution in [3.8, 4) is 11.5 Å². The summed E-state index contributed by atoms with van der Waals surface area (Å²) in [6, 6.07) is 15.4. The number of rotatable bonds is 5. The molecule has 0 spiro atoms. The molecule has 18 heavy (non-hydrogen) atoms. The first-order valence-corrected chi connectivity index (χ1v) is 5.92. The van der Waals surface area contributed by atoms with E-state index < -0.39 is 0 Å². The highest BCUT2D eigenvalue weighted by Gasteiger charge is 1.98. The SMILES string of the molecule is Cc1ccc(OCCOc2ccccc2N)cc1. The Morgan fingerprint density at radius 2 is 1.56 bits per heavy atom. The Kier molecular flexibility index (Phi) is 4.07. The molecule has 2 N–H and O–H groups in total. The fraction of sp³-hybridized carbons (Fsp3) is 0.200. The molecule has 0 aliphatic heterocycles. The maximum Gasteiger partial charge on any atom is 0.142 e. The number of nitrogens with two attached hydrogens (primary N) is 1. The zero-order valence-corrected chi connectivity index (χ0v) is 10.4. The second-order valence-electron chi connectivity index (χ2n) is 4.05. The van der Waals surface area contributed by atoms with Gasteiger partial charge < -0.3 is 15.2 Å². The normalized spacial score (nSPS) is 10.1. The van der Waals surface area contributed by atoms with Crippen molar-refractivity contribution >= 4 is 5.69 Å². The summed E-state index contributed by atoms with van der Waals surface area (Å²) in [6.45, 7) is 3.02. The Bertz CT molecular complexity index is 494. The van der Waals surface area contributed by atoms with Gasteiger partial charge in [0, 0.05) is 0 Å². The quantitative estimate of drug-likeness (QED) is 0.648. The topological polar surface area (TPSA) is 44.5 Å². The van der Waals surface area contributed by atoms with Gasteiger partial charge in [0.15, 0.2) is 0 Å². The summed E-state index contributed by atoms with van der Waals surface area (Å²) in [6.07, 6.45) is 0. The fourth-order valence-corrected chi connectivity index (χ4v) is 1.56. The van der Waals surface area contributed by atoms with Crippen LogP contribution in [0.3, 0.4) is 0 Å². The van der Waals surface area contributed by atoms with E-state index in [4.69, 9.17) is 15.2 Å². The minimum Gasteiger partial charge on any atom is -0.490 e. The zero-order valence-electron chi connectivity index (χ0n) is 10.4. The van der Waals surface area contributed by atoms with Gasteiger partial charge in [-0.3, -0.25) is 0 Å². The van der Waals surface area contributed by atoms with Crippen LogP contribution in [0, 0.1) is 6.92 Å². The highest BCUT2D eigenvalue weighted by molar-refractivity contribution is 5.51. The van der Waals surface area contributed by atoms with E-state index in [2.05, 4.69) is 0 Å². The first-order chi connectivity index (χ1) is 8.75. The Hall–Kier alpha value is -2.16. The third-order valence-corrected chi connectivity index (χ3v) is 2.55. The lowest BCUT2D eigenvalue weighted by molar-refractivity contribution is 0.218. The molecule has 0 aromatic heterocycles. The van der Waals surface area contributed by atoms with E-state index in [0.717, 1.165) is 5.75 Å². The highest BCUT2D eigenvalue weighted by atomic mass is 16.5. The Labute approximate surface area is 107 Å². The molecule has 0 heterocycles. The van der Waals surface area contributed by atoms with Gasteiger partial charge in [-0.05, 0) is 31.2 Å². The molecule has 2 aromatic carbocycles. The first kappa shape index (κ1) is 12.3. The Morgan fingerprint density at radius 3 is 2.28 bits per heavy atom. The largest absolute Gasteiger partial charge is 0.490 e. The van der Waals surface area contributed by atoms with Gasteiger partial charge in [0.2, 0.25) is 0 Å². The van der Waals surface area contributed by atoms with Gasteiger partial charge >= 0.3 is 0 Å². The lowest BCUT2D eigenvalue weighted by Gasteiger charge is -2.09. The van der Waals surface area contributed by atoms with Gasteiger partial charge in [0.1, 0.15) is 24.7 Å². The van der Waals surface area contributed by atoms with Crippen LogP contribution in [0.2, 0.25) is 0 Å². The van der Waals surface area contributed by atoms with Crippen LogP contribution < -0.4 is 15.2 Å². The number of ether oxygens (including phenoxy) is 2. The molecule has 0 saturated heterocycles. The maximum atomic E-state index is 5.76. The third-order valence-electron chi connectivity index (χ3n) is 2.55. The number of aryl methyl sites for hydroxylation is 1. The maximum absolute atomic E-state index is 5.76. The number of benzene rings is 2. The minimum atomic E-state index is 0.474. The smallest absolute Gasteiger partial charge is 0.142 e. The van der Waals surface area contributed by atoms with E-state index in [-0.39, 0.29) is 0 Å². The van der Waals surface area contributed by atoms with Crippen LogP contribution in [0.4, 0.5) is 5.69 Å². The highest BCUT2D eigenvalue weighted by Crippen LogP contribution is 2.19. The molecule has 2 aromatic rings. The van der Waals surface area contributed by atoms with Gasteiger partial charge in [-0.15, -0.1) is 0 Å². The average molecular weight is 243 g/mol. The number of para-hydroxylation sites is 2. The van der Waals surface area contributed by atoms with Crippen molar-refractivity contribution in [2.75, 3.05) is 18.9 Å². The van der Waals surface area contributed by atoms with Crippen molar-refractivity contribution in [3.63, 3.8) is 0 Å². The second-order valence-corrected chi connectivity index (χ2v) is 4.05. The zero-order chi connectivity index (χ0) is 12.8. The van der Waals surface area contributed by atoms with Crippen LogP contribution in [-0.4, -0.2) is 13.2 Å². The predicted molar refractivity (Wildman–Crippen MR) is 73.0 cm³/mol. The van der Waals surface area contributed by atoms with Gasteiger partial charge in [-0.1, -0.05) is 29.8 Å². The lowest BCUT2D eigenvalue weighted by atomic mass is 10.2. The molecule has 0 amide bonds. The summed E-state index contributed by atoms with van der Waals surface area (Å²) in [4.78, 5) is 0. The van der Waals surface area contributed by atoms with E-state index in [9.17, 15) is 0 Å². The summed E-state index contributed by atoms with van der Waals surface area (Å²) >= 11 is 0. The van der Waals surface area contributed by atoms with Gasteiger partial charge in [-0.25, -0.2) is 0 Å². The number of nitrogen functional groups attached to an aromatic ring is 1. The van der Waals surface area contributed by atoms with Crippen molar-refractivity contribution < 1.29 is 9.47 Å². The molecule has 0 fully saturated rings. The molecule has 0 bridgehead atoms. The monoisotopic (exact) mass is 243 g/mol. The van der Waals surface area contributed by atoms with Crippen LogP contribution in [-0.2, 0) is 0 Å². The van der Waals surface area contributed by atoms with E-state index in [1.807, 2.05) is 55.5 Å². The van der Waals surface area contributed by atoms with E-state index >= 15 is 0 Å². The van der Waals surface area contributed by atoms with Crippen LogP contribution >= 0.6 is 0 Å². The number of hydrogen-bond donors (Lipinski definition) is 1. The molecule has 0 atom stereocenters. The summed E-state index contributed by atoms with van der Waals surface area (Å²) < 4.78 is 11.1. The fourth-order valence-electron chi connectivity index (χ4n) is 1.56. The number of hydrogen-bond acceptors (Lipinski definition) is 3. The van der Waals surface area contributed by atoms with Crippen molar-refractivity contribution in [2.24, 2.45) is 0 Å². The summed E-state index contributed by atoms with van der Waals surface area (Å²) in [5.41, 5.74) is 7.63. The summed E-state index contributed by atoms with van der Waals surface area (Å²) in [5.74, 6) is 1.55. The lowest BCUT2D eigenvalue weighted by Crippen LogP contribution is -2.09. The van der Waals surface area contributed by atoms with Crippen molar-refractivity contribution in [2.45, 2.75) is 6.92 Å².